The van der Waals surface area contributed by atoms with Gasteiger partial charge >= 0.3 is 0 Å². The number of nitrogens with zero attached hydrogens (tertiary/aromatic N) is 4. The highest BCUT2D eigenvalue weighted by molar-refractivity contribution is 8.03. The number of carbonyl (C=O) groups excluding carboxylic acids is 3. The molecule has 0 atom stereocenters. The van der Waals surface area contributed by atoms with Crippen molar-refractivity contribution in [1.29, 1.82) is 0 Å². The number of hydrogen-bond acceptors (Lipinski definition) is 8. The van der Waals surface area contributed by atoms with Crippen LogP contribution in [0.25, 0.3) is 10.4 Å². The van der Waals surface area contributed by atoms with E-state index in [-0.39, 0.29) is 30.7 Å². The van der Waals surface area contributed by atoms with Gasteiger partial charge in [-0.15, -0.1) is 11.8 Å². The molecule has 0 aromatic rings. The van der Waals surface area contributed by atoms with Crippen molar-refractivity contribution in [2.75, 3.05) is 65.5 Å². The predicted octanol–water partition coefficient (Wildman–Crippen LogP) is 0.469. The van der Waals surface area contributed by atoms with Crippen LogP contribution in [0.1, 0.15) is 6.42 Å². The maximum absolute atomic E-state index is 11.9. The Morgan fingerprint density at radius 3 is 2.43 bits per heavy atom. The zero-order valence-electron chi connectivity index (χ0n) is 15.8. The molecule has 0 aromatic heterocycles. The van der Waals surface area contributed by atoms with Crippen LogP contribution in [-0.2, 0) is 28.6 Å². The summed E-state index contributed by atoms with van der Waals surface area (Å²) in [4.78, 5) is 39.4. The monoisotopic (exact) mass is 415 g/mol. The van der Waals surface area contributed by atoms with Crippen molar-refractivity contribution >= 4 is 29.5 Å². The van der Waals surface area contributed by atoms with Crippen molar-refractivity contribution in [3.05, 3.63) is 21.4 Å². The van der Waals surface area contributed by atoms with Crippen LogP contribution in [0.5, 0.6) is 0 Å². The fourth-order valence-corrected chi connectivity index (χ4v) is 2.60. The van der Waals surface area contributed by atoms with Crippen LogP contribution in [0.2, 0.25) is 0 Å². The molecule has 0 bridgehead atoms. The van der Waals surface area contributed by atoms with E-state index in [0.29, 0.717) is 57.6 Å². The molecule has 0 saturated carbocycles. The minimum atomic E-state index is -0.383. The van der Waals surface area contributed by atoms with E-state index in [4.69, 9.17) is 19.7 Å². The van der Waals surface area contributed by atoms with E-state index in [1.165, 1.54) is 17.8 Å². The van der Waals surface area contributed by atoms with Crippen molar-refractivity contribution in [2.45, 2.75) is 6.42 Å². The number of imide groups is 1. The number of ether oxygens (including phenoxy) is 3. The van der Waals surface area contributed by atoms with Gasteiger partial charge in [0.15, 0.2) is 0 Å². The molecule has 28 heavy (non-hydrogen) atoms. The zero-order valence-corrected chi connectivity index (χ0v) is 16.6. The molecule has 1 aliphatic rings. The van der Waals surface area contributed by atoms with Crippen molar-refractivity contribution in [2.24, 2.45) is 5.11 Å². The molecule has 156 valence electrons. The zero-order chi connectivity index (χ0) is 20.6. The summed E-state index contributed by atoms with van der Waals surface area (Å²) in [5, 5.41) is 6.00. The molecule has 1 rings (SSSR count). The SMILES string of the molecule is CSC1=CC(=O)N(CCC(=O)NCCOCCOCCOCCN=[N+]=[N-])C1=O. The van der Waals surface area contributed by atoms with Crippen LogP contribution < -0.4 is 5.32 Å². The van der Waals surface area contributed by atoms with Crippen LogP contribution in [0, 0.1) is 0 Å². The van der Waals surface area contributed by atoms with Crippen molar-refractivity contribution in [1.82, 2.24) is 10.2 Å². The first-order valence-corrected chi connectivity index (χ1v) is 9.95. The minimum absolute atomic E-state index is 0.0514. The van der Waals surface area contributed by atoms with Crippen molar-refractivity contribution < 1.29 is 28.6 Å². The molecule has 0 unspecified atom stereocenters. The Labute approximate surface area is 167 Å². The van der Waals surface area contributed by atoms with Gasteiger partial charge in [-0.1, -0.05) is 5.11 Å². The Hall–Kier alpha value is -2.11. The van der Waals surface area contributed by atoms with E-state index >= 15 is 0 Å². The Morgan fingerprint density at radius 1 is 1.18 bits per heavy atom. The molecule has 0 saturated heterocycles. The van der Waals surface area contributed by atoms with E-state index in [0.717, 1.165) is 4.90 Å². The van der Waals surface area contributed by atoms with Gasteiger partial charge in [-0.25, -0.2) is 0 Å². The van der Waals surface area contributed by atoms with Crippen molar-refractivity contribution in [3.8, 4) is 0 Å². The average molecular weight is 415 g/mol. The highest BCUT2D eigenvalue weighted by Crippen LogP contribution is 2.21. The third-order valence-electron chi connectivity index (χ3n) is 3.47. The van der Waals surface area contributed by atoms with Gasteiger partial charge in [0.1, 0.15) is 0 Å². The Kier molecular flexibility index (Phi) is 12.7. The first-order chi connectivity index (χ1) is 13.6. The van der Waals surface area contributed by atoms with Gasteiger partial charge in [-0.05, 0) is 11.8 Å². The van der Waals surface area contributed by atoms with Crippen molar-refractivity contribution in [3.63, 3.8) is 0 Å². The molecule has 11 nitrogen and oxygen atoms in total. The molecule has 0 aromatic carbocycles. The number of nitrogens with one attached hydrogen (secondary N) is 1. The molecule has 12 heteroatoms. The van der Waals surface area contributed by atoms with Gasteiger partial charge in [-0.3, -0.25) is 19.3 Å². The third kappa shape index (κ3) is 9.72. The number of azide groups is 1. The summed E-state index contributed by atoms with van der Waals surface area (Å²) < 4.78 is 15.8. The van der Waals surface area contributed by atoms with E-state index < -0.39 is 0 Å². The number of thioether (sulfide) groups is 1. The van der Waals surface area contributed by atoms with E-state index in [1.807, 2.05) is 0 Å². The van der Waals surface area contributed by atoms with Crippen LogP contribution in [0.4, 0.5) is 0 Å². The quantitative estimate of drug-likeness (QED) is 0.127. The first-order valence-electron chi connectivity index (χ1n) is 8.72. The molecule has 0 radical (unpaired) electrons. The predicted molar refractivity (Wildman–Crippen MR) is 102 cm³/mol. The summed E-state index contributed by atoms with van der Waals surface area (Å²) in [6.07, 6.45) is 3.06. The molecular formula is C16H25N5O6S. The minimum Gasteiger partial charge on any atom is -0.379 e. The summed E-state index contributed by atoms with van der Waals surface area (Å²) in [5.74, 6) is -0.989. The summed E-state index contributed by atoms with van der Waals surface area (Å²) in [6.45, 7) is 2.99. The summed E-state index contributed by atoms with van der Waals surface area (Å²) in [5.41, 5.74) is 8.08. The van der Waals surface area contributed by atoms with E-state index in [1.54, 1.807) is 6.26 Å². The van der Waals surface area contributed by atoms with Gasteiger partial charge in [0.2, 0.25) is 5.91 Å². The fraction of sp³-hybridized carbons (Fsp3) is 0.688. The van der Waals surface area contributed by atoms with Crippen LogP contribution in [-0.4, -0.2) is 88.2 Å². The summed E-state index contributed by atoms with van der Waals surface area (Å²) in [6, 6.07) is 0. The smallest absolute Gasteiger partial charge is 0.267 e. The standard InChI is InChI=1S/C16H25N5O6S/c1-28-13-12-15(23)21(16(13)24)5-2-14(22)18-3-6-25-8-10-27-11-9-26-7-4-19-20-17/h12H,2-11H2,1H3,(H,18,22). The van der Waals surface area contributed by atoms with Crippen LogP contribution in [0.15, 0.2) is 16.1 Å². The lowest BCUT2D eigenvalue weighted by molar-refractivity contribution is -0.137. The Balaban J connectivity index is 1.93. The molecule has 1 N–H and O–H groups in total. The van der Waals surface area contributed by atoms with Crippen LogP contribution >= 0.6 is 11.8 Å². The second-order valence-corrected chi connectivity index (χ2v) is 6.25. The largest absolute Gasteiger partial charge is 0.379 e. The number of carbonyl (C=O) groups is 3. The highest BCUT2D eigenvalue weighted by Gasteiger charge is 2.30. The van der Waals surface area contributed by atoms with Gasteiger partial charge in [-0.2, -0.15) is 0 Å². The molecule has 1 aliphatic heterocycles. The molecule has 0 spiro atoms. The molecular weight excluding hydrogens is 390 g/mol. The van der Waals surface area contributed by atoms with Gasteiger partial charge in [0, 0.05) is 37.0 Å². The summed E-state index contributed by atoms with van der Waals surface area (Å²) in [7, 11) is 0. The second kappa shape index (κ2) is 14.9. The van der Waals surface area contributed by atoms with E-state index in [2.05, 4.69) is 15.3 Å². The maximum Gasteiger partial charge on any atom is 0.267 e. The normalized spacial score (nSPS) is 13.5. The molecule has 1 heterocycles. The third-order valence-corrected chi connectivity index (χ3v) is 4.20. The lowest BCUT2D eigenvalue weighted by atomic mass is 10.3. The van der Waals surface area contributed by atoms with E-state index in [9.17, 15) is 14.4 Å². The molecule has 3 amide bonds. The second-order valence-electron chi connectivity index (χ2n) is 5.40. The van der Waals surface area contributed by atoms with Gasteiger partial charge < -0.3 is 19.5 Å². The topological polar surface area (TPSA) is 143 Å². The number of rotatable bonds is 16. The highest BCUT2D eigenvalue weighted by atomic mass is 32.2. The Morgan fingerprint density at radius 2 is 1.82 bits per heavy atom. The summed E-state index contributed by atoms with van der Waals surface area (Å²) >= 11 is 1.21. The van der Waals surface area contributed by atoms with Crippen LogP contribution in [0.3, 0.4) is 0 Å². The average Bonchev–Trinajstić information content (AvgIpc) is 2.96. The maximum atomic E-state index is 11.9. The Bertz CT molecular complexity index is 608. The molecule has 0 fully saturated rings. The lowest BCUT2D eigenvalue weighted by Gasteiger charge is -2.14. The number of amides is 3. The lowest BCUT2D eigenvalue weighted by Crippen LogP contribution is -2.36. The fourth-order valence-electron chi connectivity index (χ4n) is 2.10. The van der Waals surface area contributed by atoms with Gasteiger partial charge in [0.25, 0.3) is 11.8 Å². The number of hydrogen-bond donors (Lipinski definition) is 1. The molecule has 0 aliphatic carbocycles. The van der Waals surface area contributed by atoms with Gasteiger partial charge in [0.05, 0.1) is 44.5 Å². The first kappa shape index (κ1) is 23.9.